The number of rotatable bonds is 5. The molecule has 1 aromatic carbocycles. The van der Waals surface area contributed by atoms with Crippen molar-refractivity contribution in [2.45, 2.75) is 33.7 Å². The van der Waals surface area contributed by atoms with Crippen molar-refractivity contribution >= 4 is 28.7 Å². The molecule has 0 saturated heterocycles. The summed E-state index contributed by atoms with van der Waals surface area (Å²) >= 11 is 0. The Morgan fingerprint density at radius 1 is 1.20 bits per heavy atom. The average molecular weight is 405 g/mol. The number of amides is 1. The molecule has 0 fully saturated rings. The SMILES string of the molecule is CC(C)(C)CC(=O)Nc1cccc(Cn2nnc3c(-c4ccco4)nc(N)nc32)c1. The largest absolute Gasteiger partial charge is 0.463 e. The van der Waals surface area contributed by atoms with Crippen molar-refractivity contribution in [1.29, 1.82) is 0 Å². The van der Waals surface area contributed by atoms with Gasteiger partial charge >= 0.3 is 0 Å². The van der Waals surface area contributed by atoms with Crippen LogP contribution in [0.4, 0.5) is 11.6 Å². The monoisotopic (exact) mass is 405 g/mol. The fourth-order valence-electron chi connectivity index (χ4n) is 3.17. The number of aromatic nitrogens is 5. The number of anilines is 2. The van der Waals surface area contributed by atoms with E-state index in [1.54, 1.807) is 23.1 Å². The predicted octanol–water partition coefficient (Wildman–Crippen LogP) is 3.49. The molecular formula is C21H23N7O2. The first-order valence-electron chi connectivity index (χ1n) is 9.58. The molecule has 0 radical (unpaired) electrons. The summed E-state index contributed by atoms with van der Waals surface area (Å²) in [6, 6.07) is 11.2. The van der Waals surface area contributed by atoms with Crippen LogP contribution in [0, 0.1) is 5.41 Å². The Hall–Kier alpha value is -3.75. The highest BCUT2D eigenvalue weighted by Gasteiger charge is 2.18. The minimum atomic E-state index is -0.0767. The standard InChI is InChI=1S/C21H23N7O2/c1-21(2,3)11-16(29)23-14-7-4-6-13(10-14)12-28-19-18(26-27-28)17(24-20(22)25-19)15-8-5-9-30-15/h4-10H,11-12H2,1-3H3,(H,23,29)(H2,22,24,25). The zero-order chi connectivity index (χ0) is 21.3. The molecule has 0 bridgehead atoms. The van der Waals surface area contributed by atoms with Crippen LogP contribution in [-0.2, 0) is 11.3 Å². The van der Waals surface area contributed by atoms with E-state index >= 15 is 0 Å². The van der Waals surface area contributed by atoms with E-state index in [0.29, 0.717) is 35.6 Å². The molecule has 4 rings (SSSR count). The van der Waals surface area contributed by atoms with Gasteiger partial charge in [0.05, 0.1) is 12.8 Å². The normalized spacial score (nSPS) is 11.7. The summed E-state index contributed by atoms with van der Waals surface area (Å²) in [5.41, 5.74) is 9.01. The van der Waals surface area contributed by atoms with Crippen LogP contribution in [0.2, 0.25) is 0 Å². The Morgan fingerprint density at radius 2 is 2.03 bits per heavy atom. The van der Waals surface area contributed by atoms with E-state index in [4.69, 9.17) is 10.2 Å². The van der Waals surface area contributed by atoms with E-state index in [1.165, 1.54) is 0 Å². The summed E-state index contributed by atoms with van der Waals surface area (Å²) in [4.78, 5) is 20.8. The summed E-state index contributed by atoms with van der Waals surface area (Å²) in [5.74, 6) is 0.639. The van der Waals surface area contributed by atoms with Gasteiger partial charge in [-0.05, 0) is 35.2 Å². The first-order chi connectivity index (χ1) is 14.3. The molecule has 9 nitrogen and oxygen atoms in total. The predicted molar refractivity (Wildman–Crippen MR) is 113 cm³/mol. The minimum Gasteiger partial charge on any atom is -0.463 e. The van der Waals surface area contributed by atoms with Gasteiger partial charge in [0.2, 0.25) is 11.9 Å². The summed E-state index contributed by atoms with van der Waals surface area (Å²) in [5, 5.41) is 11.4. The number of nitrogens with one attached hydrogen (secondary N) is 1. The number of nitrogen functional groups attached to an aromatic ring is 1. The lowest BCUT2D eigenvalue weighted by Crippen LogP contribution is -2.19. The molecule has 0 saturated carbocycles. The minimum absolute atomic E-state index is 0.0190. The lowest BCUT2D eigenvalue weighted by molar-refractivity contribution is -0.117. The molecule has 154 valence electrons. The Kier molecular flexibility index (Phi) is 4.94. The maximum absolute atomic E-state index is 12.2. The number of nitrogens with two attached hydrogens (primary N) is 1. The molecular weight excluding hydrogens is 382 g/mol. The number of fused-ring (bicyclic) bond motifs is 1. The second kappa shape index (κ2) is 7.58. The molecule has 0 atom stereocenters. The summed E-state index contributed by atoms with van der Waals surface area (Å²) < 4.78 is 7.08. The topological polar surface area (TPSA) is 125 Å². The third-order valence-corrected chi connectivity index (χ3v) is 4.37. The second-order valence-corrected chi connectivity index (χ2v) is 8.31. The zero-order valence-corrected chi connectivity index (χ0v) is 17.1. The highest BCUT2D eigenvalue weighted by atomic mass is 16.3. The highest BCUT2D eigenvalue weighted by Crippen LogP contribution is 2.26. The lowest BCUT2D eigenvalue weighted by Gasteiger charge is -2.17. The maximum atomic E-state index is 12.2. The molecule has 3 heterocycles. The van der Waals surface area contributed by atoms with Gasteiger partial charge in [-0.3, -0.25) is 4.79 Å². The Morgan fingerprint density at radius 3 is 2.77 bits per heavy atom. The molecule has 0 unspecified atom stereocenters. The number of carbonyl (C=O) groups excluding carboxylic acids is 1. The molecule has 0 spiro atoms. The van der Waals surface area contributed by atoms with Crippen molar-refractivity contribution < 1.29 is 9.21 Å². The lowest BCUT2D eigenvalue weighted by atomic mass is 9.92. The van der Waals surface area contributed by atoms with Crippen molar-refractivity contribution in [3.8, 4) is 11.5 Å². The average Bonchev–Trinajstić information content (AvgIpc) is 3.30. The van der Waals surface area contributed by atoms with Crippen LogP contribution in [0.1, 0.15) is 32.8 Å². The van der Waals surface area contributed by atoms with E-state index in [0.717, 1.165) is 11.3 Å². The first-order valence-corrected chi connectivity index (χ1v) is 9.58. The van der Waals surface area contributed by atoms with Gasteiger partial charge < -0.3 is 15.5 Å². The van der Waals surface area contributed by atoms with Crippen LogP contribution in [0.5, 0.6) is 0 Å². The van der Waals surface area contributed by atoms with E-state index in [1.807, 2.05) is 45.0 Å². The van der Waals surface area contributed by atoms with Crippen LogP contribution < -0.4 is 11.1 Å². The second-order valence-electron chi connectivity index (χ2n) is 8.31. The zero-order valence-electron chi connectivity index (χ0n) is 17.1. The van der Waals surface area contributed by atoms with Crippen molar-refractivity contribution in [2.75, 3.05) is 11.1 Å². The van der Waals surface area contributed by atoms with Gasteiger partial charge in [0, 0.05) is 12.1 Å². The van der Waals surface area contributed by atoms with Crippen molar-refractivity contribution in [3.63, 3.8) is 0 Å². The molecule has 1 amide bonds. The Labute approximate surface area is 173 Å². The highest BCUT2D eigenvalue weighted by molar-refractivity contribution is 5.91. The van der Waals surface area contributed by atoms with Crippen LogP contribution in [0.25, 0.3) is 22.6 Å². The third-order valence-electron chi connectivity index (χ3n) is 4.37. The summed E-state index contributed by atoms with van der Waals surface area (Å²) in [6.07, 6.45) is 2.00. The van der Waals surface area contributed by atoms with Crippen molar-refractivity contribution in [3.05, 3.63) is 48.2 Å². The van der Waals surface area contributed by atoms with E-state index in [2.05, 4.69) is 25.6 Å². The Balaban J connectivity index is 1.60. The smallest absolute Gasteiger partial charge is 0.224 e. The summed E-state index contributed by atoms with van der Waals surface area (Å²) in [7, 11) is 0. The number of carbonyl (C=O) groups is 1. The summed E-state index contributed by atoms with van der Waals surface area (Å²) in [6.45, 7) is 6.50. The van der Waals surface area contributed by atoms with Gasteiger partial charge in [-0.1, -0.05) is 38.1 Å². The van der Waals surface area contributed by atoms with Gasteiger partial charge in [-0.15, -0.1) is 5.10 Å². The van der Waals surface area contributed by atoms with E-state index in [9.17, 15) is 4.79 Å². The van der Waals surface area contributed by atoms with Gasteiger partial charge in [-0.25, -0.2) is 9.67 Å². The quantitative estimate of drug-likeness (QED) is 0.521. The van der Waals surface area contributed by atoms with Gasteiger partial charge in [0.25, 0.3) is 0 Å². The fraction of sp³-hybridized carbons (Fsp3) is 0.286. The van der Waals surface area contributed by atoms with E-state index < -0.39 is 0 Å². The van der Waals surface area contributed by atoms with Crippen molar-refractivity contribution in [2.24, 2.45) is 5.41 Å². The number of benzene rings is 1. The fourth-order valence-corrected chi connectivity index (χ4v) is 3.17. The van der Waals surface area contributed by atoms with Gasteiger partial charge in [-0.2, -0.15) is 4.98 Å². The van der Waals surface area contributed by atoms with E-state index in [-0.39, 0.29) is 17.3 Å². The molecule has 3 N–H and O–H groups in total. The van der Waals surface area contributed by atoms with Crippen LogP contribution >= 0.6 is 0 Å². The molecule has 0 aliphatic carbocycles. The van der Waals surface area contributed by atoms with Crippen molar-refractivity contribution in [1.82, 2.24) is 25.0 Å². The molecule has 30 heavy (non-hydrogen) atoms. The number of hydrogen-bond acceptors (Lipinski definition) is 7. The number of hydrogen-bond donors (Lipinski definition) is 2. The van der Waals surface area contributed by atoms with Gasteiger partial charge in [0.1, 0.15) is 5.69 Å². The molecule has 3 aromatic heterocycles. The molecule has 0 aliphatic heterocycles. The maximum Gasteiger partial charge on any atom is 0.224 e. The molecule has 0 aliphatic rings. The third kappa shape index (κ3) is 4.29. The number of furan rings is 1. The Bertz CT molecular complexity index is 1190. The van der Waals surface area contributed by atoms with Crippen LogP contribution in [0.3, 0.4) is 0 Å². The van der Waals surface area contributed by atoms with Crippen LogP contribution in [0.15, 0.2) is 47.1 Å². The first kappa shape index (κ1) is 19.6. The molecule has 9 heteroatoms. The van der Waals surface area contributed by atoms with Gasteiger partial charge in [0.15, 0.2) is 16.9 Å². The molecule has 4 aromatic rings. The number of nitrogens with zero attached hydrogens (tertiary/aromatic N) is 5. The van der Waals surface area contributed by atoms with Crippen LogP contribution in [-0.4, -0.2) is 30.9 Å².